The fourth-order valence-electron chi connectivity index (χ4n) is 3.11. The second kappa shape index (κ2) is 11.5. The van der Waals surface area contributed by atoms with Gasteiger partial charge >= 0.3 is 0 Å². The Morgan fingerprint density at radius 2 is 1.73 bits per heavy atom. The number of ether oxygens (including phenoxy) is 3. The smallest absolute Gasteiger partial charge is 0.203 e. The molecule has 0 spiro atoms. The van der Waals surface area contributed by atoms with Gasteiger partial charge in [-0.1, -0.05) is 17.7 Å². The Labute approximate surface area is 182 Å². The minimum atomic E-state index is 0.0944. The number of nitrogens with zero attached hydrogens (tertiary/aromatic N) is 3. The number of nitrogens with two attached hydrogens (primary N) is 2. The highest BCUT2D eigenvalue weighted by atomic mass is 35.5. The molecule has 0 aliphatic heterocycles. The molecule has 0 unspecified atom stereocenters. The summed E-state index contributed by atoms with van der Waals surface area (Å²) in [6, 6.07) is 7.85. The molecule has 0 fully saturated rings. The number of halogens is 1. The van der Waals surface area contributed by atoms with Gasteiger partial charge in [-0.25, -0.2) is 4.98 Å². The Bertz CT molecular complexity index is 847. The topological polar surface area (TPSA) is 108 Å². The predicted octanol–water partition coefficient (Wildman–Crippen LogP) is 2.73. The summed E-state index contributed by atoms with van der Waals surface area (Å²) >= 11 is 6.37. The summed E-state index contributed by atoms with van der Waals surface area (Å²) in [5.74, 6) is 1.88. The van der Waals surface area contributed by atoms with Crippen LogP contribution in [0.1, 0.15) is 23.2 Å². The lowest BCUT2D eigenvalue weighted by atomic mass is 10.1. The van der Waals surface area contributed by atoms with Crippen molar-refractivity contribution in [1.29, 1.82) is 0 Å². The van der Waals surface area contributed by atoms with Crippen LogP contribution in [0.4, 0.5) is 0 Å². The third-order valence-corrected chi connectivity index (χ3v) is 4.84. The number of benzene rings is 1. The van der Waals surface area contributed by atoms with Gasteiger partial charge in [-0.05, 0) is 37.1 Å². The fraction of sp³-hybridized carbons (Fsp3) is 0.429. The number of hydrogen-bond acceptors (Lipinski definition) is 6. The molecule has 4 N–H and O–H groups in total. The zero-order valence-corrected chi connectivity index (χ0v) is 18.7. The van der Waals surface area contributed by atoms with Crippen molar-refractivity contribution in [3.8, 4) is 17.2 Å². The monoisotopic (exact) mass is 435 g/mol. The Kier molecular flexibility index (Phi) is 9.01. The Morgan fingerprint density at radius 3 is 2.27 bits per heavy atom. The molecule has 2 rings (SSSR count). The molecule has 0 saturated carbocycles. The van der Waals surface area contributed by atoms with Gasteiger partial charge in [0.25, 0.3) is 0 Å². The van der Waals surface area contributed by atoms with Crippen LogP contribution in [0.5, 0.6) is 17.2 Å². The summed E-state index contributed by atoms with van der Waals surface area (Å²) in [6.07, 6.45) is 0.791. The normalized spacial score (nSPS) is 10.7. The number of guanidine groups is 1. The molecule has 164 valence electrons. The molecule has 30 heavy (non-hydrogen) atoms. The third kappa shape index (κ3) is 6.67. The molecule has 0 saturated heterocycles. The zero-order chi connectivity index (χ0) is 22.1. The van der Waals surface area contributed by atoms with E-state index in [-0.39, 0.29) is 5.96 Å². The first-order valence-corrected chi connectivity index (χ1v) is 9.94. The van der Waals surface area contributed by atoms with E-state index in [0.29, 0.717) is 42.0 Å². The van der Waals surface area contributed by atoms with Crippen molar-refractivity contribution in [1.82, 2.24) is 9.88 Å². The molecule has 0 amide bonds. The van der Waals surface area contributed by atoms with Gasteiger partial charge in [0.15, 0.2) is 17.5 Å². The lowest BCUT2D eigenvalue weighted by Crippen LogP contribution is -2.26. The number of aryl methyl sites for hydroxylation is 1. The summed E-state index contributed by atoms with van der Waals surface area (Å²) < 4.78 is 16.4. The average Bonchev–Trinajstić information content (AvgIpc) is 2.71. The highest BCUT2D eigenvalue weighted by Crippen LogP contribution is 2.38. The second-order valence-electron chi connectivity index (χ2n) is 6.81. The van der Waals surface area contributed by atoms with E-state index in [1.165, 1.54) is 0 Å². The maximum absolute atomic E-state index is 6.37. The quantitative estimate of drug-likeness (QED) is 0.242. The van der Waals surface area contributed by atoms with Gasteiger partial charge < -0.3 is 25.7 Å². The van der Waals surface area contributed by atoms with Gasteiger partial charge in [-0.3, -0.25) is 9.89 Å². The van der Waals surface area contributed by atoms with Crippen LogP contribution < -0.4 is 25.7 Å². The van der Waals surface area contributed by atoms with E-state index in [4.69, 9.17) is 37.3 Å². The van der Waals surface area contributed by atoms with E-state index >= 15 is 0 Å². The molecule has 8 nitrogen and oxygen atoms in total. The third-order valence-electron chi connectivity index (χ3n) is 4.52. The second-order valence-corrected chi connectivity index (χ2v) is 7.16. The Hall–Kier alpha value is -2.71. The molecule has 2 aromatic rings. The molecule has 0 radical (unpaired) electrons. The van der Waals surface area contributed by atoms with E-state index in [2.05, 4.69) is 14.9 Å². The zero-order valence-electron chi connectivity index (χ0n) is 17.9. The Morgan fingerprint density at radius 1 is 1.07 bits per heavy atom. The van der Waals surface area contributed by atoms with Gasteiger partial charge in [0.1, 0.15) is 5.15 Å². The van der Waals surface area contributed by atoms with Crippen LogP contribution in [-0.4, -0.2) is 50.3 Å². The maximum atomic E-state index is 6.37. The van der Waals surface area contributed by atoms with Gasteiger partial charge in [0.05, 0.1) is 21.3 Å². The van der Waals surface area contributed by atoms with Crippen LogP contribution in [0.3, 0.4) is 0 Å². The van der Waals surface area contributed by atoms with E-state index in [1.807, 2.05) is 31.2 Å². The molecule has 1 aromatic carbocycles. The molecule has 1 heterocycles. The summed E-state index contributed by atoms with van der Waals surface area (Å²) in [4.78, 5) is 10.7. The van der Waals surface area contributed by atoms with E-state index in [0.717, 1.165) is 29.8 Å². The molecule has 0 atom stereocenters. The minimum Gasteiger partial charge on any atom is -0.493 e. The van der Waals surface area contributed by atoms with Crippen LogP contribution in [-0.2, 0) is 13.1 Å². The summed E-state index contributed by atoms with van der Waals surface area (Å²) in [5.41, 5.74) is 13.7. The van der Waals surface area contributed by atoms with Gasteiger partial charge in [0, 0.05) is 37.4 Å². The SMILES string of the molecule is COc1cc(CN(CCCN=C(N)N)Cc2ccc(C)nc2Cl)cc(OC)c1OC. The summed E-state index contributed by atoms with van der Waals surface area (Å²) in [5, 5.41) is 0.508. The van der Waals surface area contributed by atoms with Crippen molar-refractivity contribution >= 4 is 17.6 Å². The maximum Gasteiger partial charge on any atom is 0.203 e. The largest absolute Gasteiger partial charge is 0.493 e. The standard InChI is InChI=1S/C21H30ClN5O3/c1-14-6-7-16(20(22)26-14)13-27(9-5-8-25-21(23)24)12-15-10-17(28-2)19(30-4)18(11-15)29-3/h6-7,10-11H,5,8-9,12-13H2,1-4H3,(H4,23,24,25). The molecule has 0 aliphatic rings. The lowest BCUT2D eigenvalue weighted by molar-refractivity contribution is 0.253. The molecule has 0 aliphatic carbocycles. The average molecular weight is 436 g/mol. The number of aromatic nitrogens is 1. The molecular formula is C21H30ClN5O3. The van der Waals surface area contributed by atoms with Crippen molar-refractivity contribution < 1.29 is 14.2 Å². The molecule has 0 bridgehead atoms. The predicted molar refractivity (Wildman–Crippen MR) is 119 cm³/mol. The minimum absolute atomic E-state index is 0.0944. The van der Waals surface area contributed by atoms with E-state index in [1.54, 1.807) is 21.3 Å². The van der Waals surface area contributed by atoms with Crippen molar-refractivity contribution in [2.75, 3.05) is 34.4 Å². The first-order chi connectivity index (χ1) is 14.4. The van der Waals surface area contributed by atoms with Crippen molar-refractivity contribution in [3.63, 3.8) is 0 Å². The summed E-state index contributed by atoms with van der Waals surface area (Å²) in [6.45, 7) is 4.50. The summed E-state index contributed by atoms with van der Waals surface area (Å²) in [7, 11) is 4.79. The van der Waals surface area contributed by atoms with Crippen LogP contribution in [0.15, 0.2) is 29.3 Å². The van der Waals surface area contributed by atoms with Crippen molar-refractivity contribution in [2.24, 2.45) is 16.5 Å². The van der Waals surface area contributed by atoms with Crippen molar-refractivity contribution in [2.45, 2.75) is 26.4 Å². The number of rotatable bonds is 11. The highest BCUT2D eigenvalue weighted by molar-refractivity contribution is 6.30. The molecular weight excluding hydrogens is 406 g/mol. The number of pyridine rings is 1. The fourth-order valence-corrected chi connectivity index (χ4v) is 3.37. The first-order valence-electron chi connectivity index (χ1n) is 9.56. The number of hydrogen-bond donors (Lipinski definition) is 2. The van der Waals surface area contributed by atoms with E-state index < -0.39 is 0 Å². The Balaban J connectivity index is 2.26. The van der Waals surface area contributed by atoms with Crippen molar-refractivity contribution in [3.05, 3.63) is 46.2 Å². The van der Waals surface area contributed by atoms with Gasteiger partial charge in [-0.2, -0.15) is 0 Å². The number of methoxy groups -OCH3 is 3. The molecule has 9 heteroatoms. The van der Waals surface area contributed by atoms with Crippen LogP contribution in [0.2, 0.25) is 5.15 Å². The molecule has 1 aromatic heterocycles. The number of aliphatic imine (C=N–C) groups is 1. The van der Waals surface area contributed by atoms with E-state index in [9.17, 15) is 0 Å². The van der Waals surface area contributed by atoms with Crippen LogP contribution >= 0.6 is 11.6 Å². The first kappa shape index (κ1) is 23.6. The highest BCUT2D eigenvalue weighted by Gasteiger charge is 2.16. The van der Waals surface area contributed by atoms with Gasteiger partial charge in [-0.15, -0.1) is 0 Å². The van der Waals surface area contributed by atoms with Crippen LogP contribution in [0.25, 0.3) is 0 Å². The van der Waals surface area contributed by atoms with Gasteiger partial charge in [0.2, 0.25) is 5.75 Å². The lowest BCUT2D eigenvalue weighted by Gasteiger charge is -2.24. The van der Waals surface area contributed by atoms with Crippen LogP contribution in [0, 0.1) is 6.92 Å².